The predicted octanol–water partition coefficient (Wildman–Crippen LogP) is 11.4. The van der Waals surface area contributed by atoms with Crippen LogP contribution in [0, 0.1) is 16.0 Å². The number of carbonyl (C=O) groups excluding carboxylic acids is 1. The summed E-state index contributed by atoms with van der Waals surface area (Å²) in [5, 5.41) is 27.6. The molecule has 2 heterocycles. The first-order valence-electron chi connectivity index (χ1n) is 19.4. The monoisotopic (exact) mass is 780 g/mol. The molecule has 0 spiro atoms. The number of aromatic nitrogens is 4. The van der Waals surface area contributed by atoms with Gasteiger partial charge < -0.3 is 14.8 Å². The summed E-state index contributed by atoms with van der Waals surface area (Å²) in [6.45, 7) is 16.7. The molecule has 0 saturated heterocycles. The number of nitro benzene ring substituents is 1. The highest BCUT2D eigenvalue weighted by Gasteiger charge is 2.32. The van der Waals surface area contributed by atoms with Gasteiger partial charge in [0.05, 0.1) is 38.5 Å². The number of benzene rings is 2. The number of amides is 1. The lowest BCUT2D eigenvalue weighted by Crippen LogP contribution is -2.28. The Balaban J connectivity index is 1.31. The number of ether oxygens (including phenoxy) is 2. The van der Waals surface area contributed by atoms with E-state index in [2.05, 4.69) is 48.3 Å². The summed E-state index contributed by atoms with van der Waals surface area (Å²) in [5.41, 5.74) is 1.81. The maximum atomic E-state index is 12.1. The summed E-state index contributed by atoms with van der Waals surface area (Å²) < 4.78 is 13.7. The van der Waals surface area contributed by atoms with Gasteiger partial charge >= 0.3 is 0 Å². The molecule has 0 aliphatic heterocycles. The van der Waals surface area contributed by atoms with Gasteiger partial charge in [0, 0.05) is 21.9 Å². The van der Waals surface area contributed by atoms with Crippen molar-refractivity contribution in [3.63, 3.8) is 0 Å². The van der Waals surface area contributed by atoms with Crippen LogP contribution in [0.4, 0.5) is 11.4 Å². The maximum absolute atomic E-state index is 12.1. The summed E-state index contributed by atoms with van der Waals surface area (Å²) in [6, 6.07) is 12.8. The number of anilines is 1. The van der Waals surface area contributed by atoms with E-state index in [-0.39, 0.29) is 41.3 Å². The van der Waals surface area contributed by atoms with Gasteiger partial charge in [0.15, 0.2) is 18.3 Å². The van der Waals surface area contributed by atoms with Gasteiger partial charge in [-0.15, -0.1) is 22.0 Å². The van der Waals surface area contributed by atoms with Gasteiger partial charge in [-0.05, 0) is 48.6 Å². The number of rotatable bonds is 23. The number of H-pyrrole nitrogens is 1. The standard InChI is InChI=1S/C41H60N6O5S2/c1-9-10-11-12-13-14-15-16-17-18-25-53-34-24-21-31(26-33(34)47(49)50)52-28-51-27-41(7,8)39-44-43-37-35(36(40(4,5)6)45-46(37)39)54-32-22-19-30(20-23-32)42-38(48)29(2)3/h19-24,26,29,45H,9-18,25,27-28H2,1-8H3,(H,42,48). The Bertz CT molecular complexity index is 1800. The Morgan fingerprint density at radius 2 is 1.59 bits per heavy atom. The van der Waals surface area contributed by atoms with E-state index in [1.165, 1.54) is 69.2 Å². The number of hydrogen-bond acceptors (Lipinski definition) is 9. The van der Waals surface area contributed by atoms with Gasteiger partial charge in [-0.3, -0.25) is 20.0 Å². The fourth-order valence-electron chi connectivity index (χ4n) is 5.96. The quantitative estimate of drug-likeness (QED) is 0.0248. The third-order valence-electron chi connectivity index (χ3n) is 9.19. The van der Waals surface area contributed by atoms with Crippen LogP contribution >= 0.6 is 23.5 Å². The highest BCUT2D eigenvalue weighted by Crippen LogP contribution is 2.40. The number of nitro groups is 1. The lowest BCUT2D eigenvalue weighted by Gasteiger charge is -2.22. The van der Waals surface area contributed by atoms with Crippen molar-refractivity contribution in [2.24, 2.45) is 5.92 Å². The van der Waals surface area contributed by atoms with E-state index in [1.54, 1.807) is 23.9 Å². The topological polar surface area (TPSA) is 137 Å². The van der Waals surface area contributed by atoms with Crippen LogP contribution < -0.4 is 10.1 Å². The summed E-state index contributed by atoms with van der Waals surface area (Å²) in [5.74, 6) is 1.84. The minimum atomic E-state index is -0.553. The average molecular weight is 781 g/mol. The van der Waals surface area contributed by atoms with Crippen molar-refractivity contribution in [2.45, 2.75) is 145 Å². The van der Waals surface area contributed by atoms with Crippen LogP contribution in [0.5, 0.6) is 5.75 Å². The molecule has 0 unspecified atom stereocenters. The largest absolute Gasteiger partial charge is 0.467 e. The Hall–Kier alpha value is -3.55. The molecular formula is C41H60N6O5S2. The van der Waals surface area contributed by atoms with Crippen molar-refractivity contribution in [2.75, 3.05) is 24.5 Å². The van der Waals surface area contributed by atoms with Crippen LogP contribution in [0.3, 0.4) is 0 Å². The molecule has 0 saturated carbocycles. The van der Waals surface area contributed by atoms with Crippen LogP contribution in [-0.4, -0.2) is 49.8 Å². The summed E-state index contributed by atoms with van der Waals surface area (Å²) in [4.78, 5) is 26.4. The molecule has 0 fully saturated rings. The van der Waals surface area contributed by atoms with Gasteiger partial charge in [-0.1, -0.05) is 125 Å². The minimum absolute atomic E-state index is 0.0195. The molecule has 11 nitrogen and oxygen atoms in total. The molecule has 0 atom stereocenters. The van der Waals surface area contributed by atoms with Crippen molar-refractivity contribution in [3.8, 4) is 5.75 Å². The van der Waals surface area contributed by atoms with E-state index in [9.17, 15) is 14.9 Å². The SMILES string of the molecule is CCCCCCCCCCCCSc1ccc(OCOCC(C)(C)c2nnc3c(Sc4ccc(NC(=O)C(C)C)cc4)c(C(C)(C)C)[nH]n23)cc1[N+](=O)[O-]. The molecule has 2 aromatic carbocycles. The molecule has 4 aromatic rings. The Morgan fingerprint density at radius 3 is 2.20 bits per heavy atom. The Morgan fingerprint density at radius 1 is 0.944 bits per heavy atom. The highest BCUT2D eigenvalue weighted by molar-refractivity contribution is 7.99. The van der Waals surface area contributed by atoms with Crippen molar-refractivity contribution < 1.29 is 19.2 Å². The number of nitrogens with one attached hydrogen (secondary N) is 2. The zero-order chi connectivity index (χ0) is 39.3. The van der Waals surface area contributed by atoms with E-state index < -0.39 is 5.41 Å². The van der Waals surface area contributed by atoms with E-state index in [0.717, 1.165) is 45.4 Å². The van der Waals surface area contributed by atoms with Crippen molar-refractivity contribution >= 4 is 46.5 Å². The number of hydrogen-bond donors (Lipinski definition) is 2. The third kappa shape index (κ3) is 12.5. The molecule has 13 heteroatoms. The lowest BCUT2D eigenvalue weighted by atomic mass is 9.92. The second kappa shape index (κ2) is 20.4. The average Bonchev–Trinajstić information content (AvgIpc) is 3.71. The number of nitrogens with zero attached hydrogens (tertiary/aromatic N) is 4. The van der Waals surface area contributed by atoms with Crippen molar-refractivity contribution in [1.82, 2.24) is 19.8 Å². The first-order valence-corrected chi connectivity index (χ1v) is 21.2. The number of thioether (sulfide) groups is 1. The molecule has 296 valence electrons. The Labute approximate surface area is 329 Å². The lowest BCUT2D eigenvalue weighted by molar-refractivity contribution is -0.387. The molecular weight excluding hydrogens is 721 g/mol. The van der Waals surface area contributed by atoms with Gasteiger partial charge in [0.25, 0.3) is 5.69 Å². The Kier molecular flexibility index (Phi) is 16.3. The van der Waals surface area contributed by atoms with Gasteiger partial charge in [-0.25, -0.2) is 4.52 Å². The second-order valence-corrected chi connectivity index (χ2v) is 18.2. The van der Waals surface area contributed by atoms with Gasteiger partial charge in [-0.2, -0.15) is 0 Å². The molecule has 4 rings (SSSR count). The summed E-state index contributed by atoms with van der Waals surface area (Å²) in [7, 11) is 0. The minimum Gasteiger partial charge on any atom is -0.467 e. The second-order valence-electron chi connectivity index (χ2n) is 15.9. The van der Waals surface area contributed by atoms with Crippen LogP contribution in [0.15, 0.2) is 57.2 Å². The smallest absolute Gasteiger partial charge is 0.286 e. The molecule has 1 amide bonds. The molecule has 0 radical (unpaired) electrons. The molecule has 54 heavy (non-hydrogen) atoms. The zero-order valence-corrected chi connectivity index (χ0v) is 35.1. The number of fused-ring (bicyclic) bond motifs is 1. The first kappa shape index (κ1) is 43.2. The van der Waals surface area contributed by atoms with E-state index in [0.29, 0.717) is 16.5 Å². The summed E-state index contributed by atoms with van der Waals surface area (Å²) >= 11 is 3.14. The molecule has 0 bridgehead atoms. The molecule has 0 aliphatic carbocycles. The van der Waals surface area contributed by atoms with Crippen molar-refractivity contribution in [1.29, 1.82) is 0 Å². The fraction of sp³-hybridized carbons (Fsp3) is 0.585. The molecule has 0 aliphatic rings. The van der Waals surface area contributed by atoms with Crippen LogP contribution in [-0.2, 0) is 20.4 Å². The van der Waals surface area contributed by atoms with E-state index >= 15 is 0 Å². The van der Waals surface area contributed by atoms with Gasteiger partial charge in [0.1, 0.15) is 5.75 Å². The fourth-order valence-corrected chi connectivity index (χ4v) is 8.16. The van der Waals surface area contributed by atoms with Crippen LogP contribution in [0.2, 0.25) is 0 Å². The first-order chi connectivity index (χ1) is 25.7. The molecule has 2 aromatic heterocycles. The summed E-state index contributed by atoms with van der Waals surface area (Å²) in [6.07, 6.45) is 12.7. The number of carbonyl (C=O) groups is 1. The van der Waals surface area contributed by atoms with E-state index in [1.807, 2.05) is 56.5 Å². The van der Waals surface area contributed by atoms with Crippen molar-refractivity contribution in [3.05, 3.63) is 64.1 Å². The van der Waals surface area contributed by atoms with Gasteiger partial charge in [0.2, 0.25) is 5.91 Å². The third-order valence-corrected chi connectivity index (χ3v) is 11.4. The van der Waals surface area contributed by atoms with Crippen LogP contribution in [0.25, 0.3) is 5.65 Å². The maximum Gasteiger partial charge on any atom is 0.286 e. The zero-order valence-electron chi connectivity index (χ0n) is 33.5. The number of aromatic amines is 1. The molecule has 2 N–H and O–H groups in total. The highest BCUT2D eigenvalue weighted by atomic mass is 32.2. The normalized spacial score (nSPS) is 12.2. The van der Waals surface area contributed by atoms with Crippen LogP contribution in [0.1, 0.15) is 131 Å². The number of unbranched alkanes of at least 4 members (excludes halogenated alkanes) is 9. The predicted molar refractivity (Wildman–Crippen MR) is 220 cm³/mol. The van der Waals surface area contributed by atoms with E-state index in [4.69, 9.17) is 9.47 Å².